The molecular formula is C17H20N3O+. The quantitative estimate of drug-likeness (QED) is 0.896. The van der Waals surface area contributed by atoms with Gasteiger partial charge in [0.2, 0.25) is 0 Å². The van der Waals surface area contributed by atoms with Crippen LogP contribution in [0.15, 0.2) is 54.9 Å². The van der Waals surface area contributed by atoms with Gasteiger partial charge in [-0.05, 0) is 24.3 Å². The number of carbonyl (C=O) groups excluding carboxylic acids is 1. The van der Waals surface area contributed by atoms with Crippen molar-refractivity contribution in [2.75, 3.05) is 26.2 Å². The van der Waals surface area contributed by atoms with Crippen LogP contribution in [0.4, 0.5) is 0 Å². The standard InChI is InChI=1S/C17H19N3O/c21-17(16-4-2-1-3-5-16)20-12-10-19(11-13-20)14-15-6-8-18-9-7-15/h1-9H,10-14H2/p+1. The van der Waals surface area contributed by atoms with Gasteiger partial charge < -0.3 is 9.80 Å². The maximum Gasteiger partial charge on any atom is 0.254 e. The maximum atomic E-state index is 12.4. The van der Waals surface area contributed by atoms with E-state index in [-0.39, 0.29) is 5.91 Å². The molecule has 0 saturated carbocycles. The van der Waals surface area contributed by atoms with E-state index in [4.69, 9.17) is 0 Å². The second kappa shape index (κ2) is 6.50. The number of aromatic nitrogens is 1. The molecule has 1 fully saturated rings. The molecule has 0 unspecified atom stereocenters. The summed E-state index contributed by atoms with van der Waals surface area (Å²) in [6.45, 7) is 4.67. The molecule has 1 N–H and O–H groups in total. The first kappa shape index (κ1) is 13.8. The molecule has 0 aliphatic carbocycles. The lowest BCUT2D eigenvalue weighted by molar-refractivity contribution is -0.917. The summed E-state index contributed by atoms with van der Waals surface area (Å²) in [7, 11) is 0. The number of amides is 1. The zero-order valence-electron chi connectivity index (χ0n) is 12.0. The fraction of sp³-hybridized carbons (Fsp3) is 0.294. The van der Waals surface area contributed by atoms with Crippen LogP contribution in [-0.2, 0) is 6.54 Å². The van der Waals surface area contributed by atoms with Gasteiger partial charge in [-0.25, -0.2) is 0 Å². The lowest BCUT2D eigenvalue weighted by atomic mass is 10.1. The molecule has 0 bridgehead atoms. The van der Waals surface area contributed by atoms with Gasteiger partial charge in [-0.15, -0.1) is 0 Å². The summed E-state index contributed by atoms with van der Waals surface area (Å²) >= 11 is 0. The molecule has 2 aromatic rings. The van der Waals surface area contributed by atoms with Crippen LogP contribution in [0.3, 0.4) is 0 Å². The van der Waals surface area contributed by atoms with Crippen LogP contribution in [0, 0.1) is 0 Å². The number of hydrogen-bond acceptors (Lipinski definition) is 2. The van der Waals surface area contributed by atoms with Gasteiger partial charge in [0.25, 0.3) is 5.91 Å². The maximum absolute atomic E-state index is 12.4. The Bertz CT molecular complexity index is 577. The number of hydrogen-bond donors (Lipinski definition) is 1. The van der Waals surface area contributed by atoms with Crippen molar-refractivity contribution in [3.05, 3.63) is 66.0 Å². The number of piperazine rings is 1. The van der Waals surface area contributed by atoms with Gasteiger partial charge in [-0.3, -0.25) is 9.78 Å². The smallest absolute Gasteiger partial charge is 0.254 e. The Labute approximate surface area is 125 Å². The molecule has 1 aliphatic rings. The predicted molar refractivity (Wildman–Crippen MR) is 81.0 cm³/mol. The van der Waals surface area contributed by atoms with E-state index in [1.54, 1.807) is 0 Å². The molecule has 1 aliphatic heterocycles. The van der Waals surface area contributed by atoms with E-state index in [1.165, 1.54) is 10.5 Å². The molecule has 3 rings (SSSR count). The Kier molecular flexibility index (Phi) is 4.26. The van der Waals surface area contributed by atoms with E-state index in [1.807, 2.05) is 47.6 Å². The van der Waals surface area contributed by atoms with Crippen LogP contribution in [0.25, 0.3) is 0 Å². The molecule has 1 aromatic carbocycles. The highest BCUT2D eigenvalue weighted by molar-refractivity contribution is 5.94. The van der Waals surface area contributed by atoms with Gasteiger partial charge in [-0.2, -0.15) is 0 Å². The van der Waals surface area contributed by atoms with Crippen LogP contribution in [-0.4, -0.2) is 42.0 Å². The fourth-order valence-corrected chi connectivity index (χ4v) is 2.76. The molecule has 2 heterocycles. The molecular weight excluding hydrogens is 262 g/mol. The summed E-state index contributed by atoms with van der Waals surface area (Å²) in [5.74, 6) is 0.151. The number of quaternary nitrogens is 1. The molecule has 0 atom stereocenters. The molecule has 4 heteroatoms. The second-order valence-corrected chi connectivity index (χ2v) is 5.44. The monoisotopic (exact) mass is 282 g/mol. The molecule has 0 radical (unpaired) electrons. The summed E-state index contributed by atoms with van der Waals surface area (Å²) in [6.07, 6.45) is 3.67. The number of benzene rings is 1. The molecule has 21 heavy (non-hydrogen) atoms. The number of pyridine rings is 1. The Morgan fingerprint density at radius 3 is 2.38 bits per heavy atom. The van der Waals surface area contributed by atoms with Crippen LogP contribution in [0.5, 0.6) is 0 Å². The van der Waals surface area contributed by atoms with Crippen molar-refractivity contribution < 1.29 is 9.69 Å². The highest BCUT2D eigenvalue weighted by Crippen LogP contribution is 2.05. The third-order valence-electron chi connectivity index (χ3n) is 3.98. The SMILES string of the molecule is O=C(c1ccccc1)N1CC[NH+](Cc2ccncc2)CC1. The first-order valence-electron chi connectivity index (χ1n) is 7.40. The van der Waals surface area contributed by atoms with Crippen LogP contribution in [0.1, 0.15) is 15.9 Å². The summed E-state index contributed by atoms with van der Waals surface area (Å²) in [6, 6.07) is 13.7. The second-order valence-electron chi connectivity index (χ2n) is 5.44. The largest absolute Gasteiger partial charge is 0.328 e. The average Bonchev–Trinajstić information content (AvgIpc) is 2.57. The van der Waals surface area contributed by atoms with Crippen LogP contribution >= 0.6 is 0 Å². The number of nitrogens with zero attached hydrogens (tertiary/aromatic N) is 2. The number of rotatable bonds is 3. The van der Waals surface area contributed by atoms with Crippen molar-refractivity contribution in [3.63, 3.8) is 0 Å². The minimum atomic E-state index is 0.151. The lowest BCUT2D eigenvalue weighted by Crippen LogP contribution is -3.13. The Hall–Kier alpha value is -2.20. The average molecular weight is 282 g/mol. The molecule has 0 spiro atoms. The van der Waals surface area contributed by atoms with Crippen LogP contribution < -0.4 is 4.90 Å². The topological polar surface area (TPSA) is 37.6 Å². The normalized spacial score (nSPS) is 15.9. The van der Waals surface area contributed by atoms with E-state index in [2.05, 4.69) is 17.1 Å². The van der Waals surface area contributed by atoms with Gasteiger partial charge in [0, 0.05) is 23.5 Å². The molecule has 4 nitrogen and oxygen atoms in total. The molecule has 1 aromatic heterocycles. The van der Waals surface area contributed by atoms with Crippen molar-refractivity contribution in [1.29, 1.82) is 0 Å². The minimum Gasteiger partial charge on any atom is -0.328 e. The predicted octanol–water partition coefficient (Wildman–Crippen LogP) is 0.622. The minimum absolute atomic E-state index is 0.151. The van der Waals surface area contributed by atoms with Gasteiger partial charge in [-0.1, -0.05) is 18.2 Å². The zero-order chi connectivity index (χ0) is 14.5. The Morgan fingerprint density at radius 2 is 1.71 bits per heavy atom. The highest BCUT2D eigenvalue weighted by atomic mass is 16.2. The summed E-state index contributed by atoms with van der Waals surface area (Å²) in [4.78, 5) is 19.9. The third kappa shape index (κ3) is 3.47. The molecule has 1 amide bonds. The summed E-state index contributed by atoms with van der Waals surface area (Å²) in [5.41, 5.74) is 2.10. The summed E-state index contributed by atoms with van der Waals surface area (Å²) < 4.78 is 0. The zero-order valence-corrected chi connectivity index (χ0v) is 12.0. The first-order chi connectivity index (χ1) is 10.3. The van der Waals surface area contributed by atoms with Gasteiger partial charge in [0.15, 0.2) is 0 Å². The van der Waals surface area contributed by atoms with Crippen molar-refractivity contribution in [2.24, 2.45) is 0 Å². The van der Waals surface area contributed by atoms with E-state index in [9.17, 15) is 4.79 Å². The van der Waals surface area contributed by atoms with Crippen molar-refractivity contribution in [3.8, 4) is 0 Å². The van der Waals surface area contributed by atoms with E-state index >= 15 is 0 Å². The lowest BCUT2D eigenvalue weighted by Gasteiger charge is -2.32. The van der Waals surface area contributed by atoms with E-state index in [0.717, 1.165) is 38.3 Å². The van der Waals surface area contributed by atoms with Crippen molar-refractivity contribution in [2.45, 2.75) is 6.54 Å². The van der Waals surface area contributed by atoms with E-state index < -0.39 is 0 Å². The Balaban J connectivity index is 1.54. The van der Waals surface area contributed by atoms with Gasteiger partial charge in [0.05, 0.1) is 26.2 Å². The van der Waals surface area contributed by atoms with E-state index in [0.29, 0.717) is 0 Å². The third-order valence-corrected chi connectivity index (χ3v) is 3.98. The Morgan fingerprint density at radius 1 is 1.05 bits per heavy atom. The van der Waals surface area contributed by atoms with Crippen LogP contribution in [0.2, 0.25) is 0 Å². The number of carbonyl (C=O) groups is 1. The summed E-state index contributed by atoms with van der Waals surface area (Å²) in [5, 5.41) is 0. The number of nitrogens with one attached hydrogen (secondary N) is 1. The molecule has 1 saturated heterocycles. The highest BCUT2D eigenvalue weighted by Gasteiger charge is 2.24. The van der Waals surface area contributed by atoms with Crippen molar-refractivity contribution in [1.82, 2.24) is 9.88 Å². The molecule has 108 valence electrons. The first-order valence-corrected chi connectivity index (χ1v) is 7.40. The van der Waals surface area contributed by atoms with Gasteiger partial charge >= 0.3 is 0 Å². The van der Waals surface area contributed by atoms with Gasteiger partial charge in [0.1, 0.15) is 6.54 Å². The van der Waals surface area contributed by atoms with Crippen molar-refractivity contribution >= 4 is 5.91 Å². The fourth-order valence-electron chi connectivity index (χ4n) is 2.76.